The summed E-state index contributed by atoms with van der Waals surface area (Å²) in [6, 6.07) is 0. The standard InChI is InChI=1S/C12H24N2/c1-11(2)9-14-8-4-6-12(10-14)5-3-7-13-12/h11,13H,3-10H2,1-2H3. The van der Waals surface area contributed by atoms with Crippen LogP contribution in [-0.4, -0.2) is 36.6 Å². The van der Waals surface area contributed by atoms with Gasteiger partial charge in [0.15, 0.2) is 0 Å². The van der Waals surface area contributed by atoms with Crippen LogP contribution in [0.3, 0.4) is 0 Å². The molecule has 2 fully saturated rings. The molecule has 0 saturated carbocycles. The van der Waals surface area contributed by atoms with Crippen molar-refractivity contribution in [2.45, 2.75) is 45.1 Å². The van der Waals surface area contributed by atoms with E-state index in [1.54, 1.807) is 0 Å². The molecule has 0 aromatic heterocycles. The van der Waals surface area contributed by atoms with Gasteiger partial charge in [0.2, 0.25) is 0 Å². The highest BCUT2D eigenvalue weighted by Gasteiger charge is 2.37. The Balaban J connectivity index is 1.90. The van der Waals surface area contributed by atoms with Crippen molar-refractivity contribution in [3.63, 3.8) is 0 Å². The molecule has 0 aromatic carbocycles. The van der Waals surface area contributed by atoms with Crippen molar-refractivity contribution in [3.05, 3.63) is 0 Å². The van der Waals surface area contributed by atoms with Crippen LogP contribution in [0.5, 0.6) is 0 Å². The number of piperidine rings is 1. The van der Waals surface area contributed by atoms with E-state index in [1.807, 2.05) is 0 Å². The molecule has 1 spiro atoms. The van der Waals surface area contributed by atoms with Gasteiger partial charge in [0, 0.05) is 18.6 Å². The molecule has 2 aliphatic rings. The van der Waals surface area contributed by atoms with Crippen LogP contribution in [0.1, 0.15) is 39.5 Å². The second-order valence-electron chi connectivity index (χ2n) is 5.54. The predicted octanol–water partition coefficient (Wildman–Crippen LogP) is 1.86. The van der Waals surface area contributed by atoms with Crippen LogP contribution in [0.2, 0.25) is 0 Å². The molecule has 0 aromatic rings. The Bertz CT molecular complexity index is 183. The van der Waals surface area contributed by atoms with E-state index >= 15 is 0 Å². The Morgan fingerprint density at radius 1 is 1.29 bits per heavy atom. The molecule has 1 N–H and O–H groups in total. The molecule has 14 heavy (non-hydrogen) atoms. The van der Waals surface area contributed by atoms with E-state index in [0.717, 1.165) is 5.92 Å². The smallest absolute Gasteiger partial charge is 0.0309 e. The molecule has 0 amide bonds. The van der Waals surface area contributed by atoms with Crippen molar-refractivity contribution >= 4 is 0 Å². The van der Waals surface area contributed by atoms with E-state index in [0.29, 0.717) is 5.54 Å². The Morgan fingerprint density at radius 3 is 2.71 bits per heavy atom. The van der Waals surface area contributed by atoms with E-state index in [-0.39, 0.29) is 0 Å². The van der Waals surface area contributed by atoms with E-state index < -0.39 is 0 Å². The van der Waals surface area contributed by atoms with E-state index in [2.05, 4.69) is 24.1 Å². The van der Waals surface area contributed by atoms with Gasteiger partial charge in [0.25, 0.3) is 0 Å². The number of hydrogen-bond acceptors (Lipinski definition) is 2. The van der Waals surface area contributed by atoms with Gasteiger partial charge >= 0.3 is 0 Å². The Kier molecular flexibility index (Phi) is 3.13. The number of hydrogen-bond donors (Lipinski definition) is 1. The van der Waals surface area contributed by atoms with Gasteiger partial charge in [-0.25, -0.2) is 0 Å². The average Bonchev–Trinajstić information content (AvgIpc) is 2.52. The van der Waals surface area contributed by atoms with Crippen molar-refractivity contribution < 1.29 is 0 Å². The lowest BCUT2D eigenvalue weighted by Gasteiger charge is -2.41. The van der Waals surface area contributed by atoms with Crippen molar-refractivity contribution in [3.8, 4) is 0 Å². The molecule has 2 heterocycles. The highest BCUT2D eigenvalue weighted by atomic mass is 15.2. The first-order valence-corrected chi connectivity index (χ1v) is 6.18. The van der Waals surface area contributed by atoms with Crippen molar-refractivity contribution in [1.82, 2.24) is 10.2 Å². The highest BCUT2D eigenvalue weighted by molar-refractivity contribution is 4.98. The van der Waals surface area contributed by atoms with E-state index in [9.17, 15) is 0 Å². The zero-order valence-corrected chi connectivity index (χ0v) is 9.68. The minimum Gasteiger partial charge on any atom is -0.310 e. The molecule has 2 rings (SSSR count). The Hall–Kier alpha value is -0.0800. The second kappa shape index (κ2) is 4.19. The topological polar surface area (TPSA) is 15.3 Å². The van der Waals surface area contributed by atoms with Gasteiger partial charge < -0.3 is 10.2 Å². The molecule has 0 radical (unpaired) electrons. The monoisotopic (exact) mass is 196 g/mol. The van der Waals surface area contributed by atoms with Crippen LogP contribution in [0.25, 0.3) is 0 Å². The summed E-state index contributed by atoms with van der Waals surface area (Å²) in [7, 11) is 0. The maximum atomic E-state index is 3.73. The van der Waals surface area contributed by atoms with Crippen LogP contribution < -0.4 is 5.32 Å². The average molecular weight is 196 g/mol. The fourth-order valence-corrected chi connectivity index (χ4v) is 3.12. The van der Waals surface area contributed by atoms with Gasteiger partial charge in [-0.15, -0.1) is 0 Å². The highest BCUT2D eigenvalue weighted by Crippen LogP contribution is 2.29. The number of rotatable bonds is 2. The molecule has 2 heteroatoms. The summed E-state index contributed by atoms with van der Waals surface area (Å²) in [4.78, 5) is 2.66. The van der Waals surface area contributed by atoms with E-state index in [4.69, 9.17) is 0 Å². The molecule has 1 unspecified atom stereocenters. The third-order valence-corrected chi connectivity index (χ3v) is 3.61. The lowest BCUT2D eigenvalue weighted by Crippen LogP contribution is -2.54. The maximum Gasteiger partial charge on any atom is 0.0309 e. The molecule has 82 valence electrons. The van der Waals surface area contributed by atoms with Crippen molar-refractivity contribution in [1.29, 1.82) is 0 Å². The Labute approximate surface area is 88.1 Å². The fraction of sp³-hybridized carbons (Fsp3) is 1.00. The molecular weight excluding hydrogens is 172 g/mol. The zero-order valence-electron chi connectivity index (χ0n) is 9.68. The summed E-state index contributed by atoms with van der Waals surface area (Å²) >= 11 is 0. The largest absolute Gasteiger partial charge is 0.310 e. The summed E-state index contributed by atoms with van der Waals surface area (Å²) in [6.07, 6.45) is 5.58. The lowest BCUT2D eigenvalue weighted by molar-refractivity contribution is 0.123. The van der Waals surface area contributed by atoms with Gasteiger partial charge in [-0.2, -0.15) is 0 Å². The third kappa shape index (κ3) is 2.29. The van der Waals surface area contributed by atoms with Gasteiger partial charge in [-0.05, 0) is 44.7 Å². The first kappa shape index (κ1) is 10.4. The summed E-state index contributed by atoms with van der Waals surface area (Å²) < 4.78 is 0. The minimum atomic E-state index is 0.507. The number of nitrogens with one attached hydrogen (secondary N) is 1. The molecule has 2 saturated heterocycles. The van der Waals surface area contributed by atoms with Gasteiger partial charge in [0.05, 0.1) is 0 Å². The first-order valence-electron chi connectivity index (χ1n) is 6.18. The molecule has 2 aliphatic heterocycles. The summed E-state index contributed by atoms with van der Waals surface area (Å²) in [6.45, 7) is 9.79. The van der Waals surface area contributed by atoms with Crippen LogP contribution in [0, 0.1) is 5.92 Å². The normalized spacial score (nSPS) is 34.5. The third-order valence-electron chi connectivity index (χ3n) is 3.61. The molecule has 1 atom stereocenters. The van der Waals surface area contributed by atoms with Crippen LogP contribution >= 0.6 is 0 Å². The van der Waals surface area contributed by atoms with Crippen LogP contribution in [-0.2, 0) is 0 Å². The van der Waals surface area contributed by atoms with Crippen LogP contribution in [0.15, 0.2) is 0 Å². The first-order chi connectivity index (χ1) is 6.70. The van der Waals surface area contributed by atoms with Crippen molar-refractivity contribution in [2.24, 2.45) is 5.92 Å². The SMILES string of the molecule is CC(C)CN1CCCC2(CCCN2)C1. The lowest BCUT2D eigenvalue weighted by atomic mass is 9.87. The fourth-order valence-electron chi connectivity index (χ4n) is 3.12. The maximum absolute atomic E-state index is 3.73. The molecule has 0 aliphatic carbocycles. The Morgan fingerprint density at radius 2 is 2.07 bits per heavy atom. The summed E-state index contributed by atoms with van der Waals surface area (Å²) in [5, 5.41) is 3.73. The summed E-state index contributed by atoms with van der Waals surface area (Å²) in [5.74, 6) is 0.812. The van der Waals surface area contributed by atoms with E-state index in [1.165, 1.54) is 51.9 Å². The number of nitrogens with zero attached hydrogens (tertiary/aromatic N) is 1. The minimum absolute atomic E-state index is 0.507. The second-order valence-corrected chi connectivity index (χ2v) is 5.54. The van der Waals surface area contributed by atoms with Gasteiger partial charge in [0.1, 0.15) is 0 Å². The zero-order chi connectivity index (χ0) is 10.0. The molecule has 2 nitrogen and oxygen atoms in total. The van der Waals surface area contributed by atoms with Crippen LogP contribution in [0.4, 0.5) is 0 Å². The molecule has 0 bridgehead atoms. The molecular formula is C12H24N2. The van der Waals surface area contributed by atoms with Crippen molar-refractivity contribution in [2.75, 3.05) is 26.2 Å². The quantitative estimate of drug-likeness (QED) is 0.725. The van der Waals surface area contributed by atoms with Gasteiger partial charge in [-0.1, -0.05) is 13.8 Å². The predicted molar refractivity (Wildman–Crippen MR) is 60.5 cm³/mol. The van der Waals surface area contributed by atoms with Gasteiger partial charge in [-0.3, -0.25) is 0 Å². The number of likely N-dealkylation sites (tertiary alicyclic amines) is 1. The summed E-state index contributed by atoms with van der Waals surface area (Å²) in [5.41, 5.74) is 0.507.